The van der Waals surface area contributed by atoms with E-state index in [1.165, 1.54) is 18.2 Å². The lowest BCUT2D eigenvalue weighted by molar-refractivity contribution is -0.136. The molecule has 102 valence electrons. The second kappa shape index (κ2) is 6.02. The van der Waals surface area contributed by atoms with Gasteiger partial charge in [0.25, 0.3) is 5.91 Å². The van der Waals surface area contributed by atoms with E-state index < -0.39 is 5.82 Å². The zero-order valence-corrected chi connectivity index (χ0v) is 11.0. The van der Waals surface area contributed by atoms with E-state index in [1.54, 1.807) is 4.90 Å². The van der Waals surface area contributed by atoms with Crippen LogP contribution in [0.25, 0.3) is 0 Å². The first-order valence-corrected chi connectivity index (χ1v) is 6.31. The number of piperidine rings is 1. The van der Waals surface area contributed by atoms with Gasteiger partial charge in [0.1, 0.15) is 17.3 Å². The number of carbonyl (C=O) groups is 2. The molecule has 6 heteroatoms. The van der Waals surface area contributed by atoms with Crippen molar-refractivity contribution in [3.05, 3.63) is 29.0 Å². The zero-order chi connectivity index (χ0) is 13.8. The molecular formula is C13H13ClFNO3. The normalized spacial score (nSPS) is 15.5. The molecule has 1 heterocycles. The van der Waals surface area contributed by atoms with E-state index in [9.17, 15) is 14.0 Å². The van der Waals surface area contributed by atoms with E-state index in [1.807, 2.05) is 0 Å². The molecule has 0 aliphatic carbocycles. The van der Waals surface area contributed by atoms with Crippen LogP contribution in [0.4, 0.5) is 4.39 Å². The number of hydrogen-bond donors (Lipinski definition) is 0. The number of ketones is 1. The minimum Gasteiger partial charge on any atom is -0.484 e. The van der Waals surface area contributed by atoms with Gasteiger partial charge in [0.15, 0.2) is 6.61 Å². The zero-order valence-electron chi connectivity index (χ0n) is 10.2. The summed E-state index contributed by atoms with van der Waals surface area (Å²) in [4.78, 5) is 24.5. The topological polar surface area (TPSA) is 46.6 Å². The highest BCUT2D eigenvalue weighted by atomic mass is 35.5. The number of likely N-dealkylation sites (tertiary alicyclic amines) is 1. The van der Waals surface area contributed by atoms with Crippen LogP contribution in [-0.2, 0) is 9.59 Å². The SMILES string of the molecule is O=C1CCN(C(=O)COc2ccc(F)c(Cl)c2)CC1. The fraction of sp³-hybridized carbons (Fsp3) is 0.385. The second-order valence-electron chi connectivity index (χ2n) is 4.28. The average Bonchev–Trinajstić information content (AvgIpc) is 2.40. The third-order valence-corrected chi connectivity index (χ3v) is 3.22. The molecule has 0 atom stereocenters. The Morgan fingerprint density at radius 3 is 2.68 bits per heavy atom. The van der Waals surface area contributed by atoms with Crippen molar-refractivity contribution in [2.75, 3.05) is 19.7 Å². The molecule has 0 radical (unpaired) electrons. The first kappa shape index (κ1) is 13.8. The molecule has 0 aromatic heterocycles. The van der Waals surface area contributed by atoms with Gasteiger partial charge in [-0.1, -0.05) is 11.6 Å². The Balaban J connectivity index is 1.86. The summed E-state index contributed by atoms with van der Waals surface area (Å²) in [5, 5.41) is -0.0477. The summed E-state index contributed by atoms with van der Waals surface area (Å²) in [5.74, 6) is -0.203. The van der Waals surface area contributed by atoms with E-state index in [4.69, 9.17) is 16.3 Å². The molecule has 0 unspecified atom stereocenters. The van der Waals surface area contributed by atoms with Gasteiger partial charge in [-0.2, -0.15) is 0 Å². The summed E-state index contributed by atoms with van der Waals surface area (Å²) >= 11 is 5.61. The van der Waals surface area contributed by atoms with Gasteiger partial charge in [-0.25, -0.2) is 4.39 Å². The van der Waals surface area contributed by atoms with Crippen LogP contribution in [0.2, 0.25) is 5.02 Å². The van der Waals surface area contributed by atoms with Gasteiger partial charge >= 0.3 is 0 Å². The molecule has 1 aliphatic heterocycles. The number of benzene rings is 1. The average molecular weight is 286 g/mol. The van der Waals surface area contributed by atoms with Crippen LogP contribution >= 0.6 is 11.6 Å². The van der Waals surface area contributed by atoms with E-state index in [-0.39, 0.29) is 23.3 Å². The van der Waals surface area contributed by atoms with Crippen molar-refractivity contribution in [3.63, 3.8) is 0 Å². The minimum absolute atomic E-state index is 0.0477. The van der Waals surface area contributed by atoms with Gasteiger partial charge in [-0.15, -0.1) is 0 Å². The molecule has 2 rings (SSSR count). The van der Waals surface area contributed by atoms with E-state index in [0.29, 0.717) is 31.7 Å². The van der Waals surface area contributed by atoms with Crippen LogP contribution in [0.3, 0.4) is 0 Å². The van der Waals surface area contributed by atoms with E-state index >= 15 is 0 Å². The Bertz CT molecular complexity index is 497. The lowest BCUT2D eigenvalue weighted by atomic mass is 10.1. The summed E-state index contributed by atoms with van der Waals surface area (Å²) in [6.45, 7) is 0.729. The van der Waals surface area contributed by atoms with Crippen molar-refractivity contribution in [2.24, 2.45) is 0 Å². The maximum absolute atomic E-state index is 12.9. The summed E-state index contributed by atoms with van der Waals surface area (Å²) in [5.41, 5.74) is 0. The monoisotopic (exact) mass is 285 g/mol. The Hall–Kier alpha value is -1.62. The number of ether oxygens (including phenoxy) is 1. The Kier molecular flexibility index (Phi) is 4.37. The highest BCUT2D eigenvalue weighted by molar-refractivity contribution is 6.30. The molecule has 0 bridgehead atoms. The highest BCUT2D eigenvalue weighted by Crippen LogP contribution is 2.21. The van der Waals surface area contributed by atoms with Gasteiger partial charge in [0.2, 0.25) is 0 Å². The van der Waals surface area contributed by atoms with Crippen LogP contribution in [0, 0.1) is 5.82 Å². The summed E-state index contributed by atoms with van der Waals surface area (Å²) < 4.78 is 18.2. The van der Waals surface area contributed by atoms with Gasteiger partial charge in [-0.3, -0.25) is 9.59 Å². The summed E-state index contributed by atoms with van der Waals surface area (Å²) in [7, 11) is 0. The Morgan fingerprint density at radius 1 is 1.37 bits per heavy atom. The molecule has 0 N–H and O–H groups in total. The van der Waals surface area contributed by atoms with Crippen molar-refractivity contribution in [3.8, 4) is 5.75 Å². The van der Waals surface area contributed by atoms with Gasteiger partial charge in [0.05, 0.1) is 5.02 Å². The smallest absolute Gasteiger partial charge is 0.260 e. The number of amides is 1. The number of halogens is 2. The highest BCUT2D eigenvalue weighted by Gasteiger charge is 2.20. The third kappa shape index (κ3) is 3.67. The van der Waals surface area contributed by atoms with Gasteiger partial charge < -0.3 is 9.64 Å². The molecule has 1 saturated heterocycles. The van der Waals surface area contributed by atoms with Gasteiger partial charge in [-0.05, 0) is 12.1 Å². The molecule has 19 heavy (non-hydrogen) atoms. The van der Waals surface area contributed by atoms with Crippen LogP contribution in [0.15, 0.2) is 18.2 Å². The number of carbonyl (C=O) groups excluding carboxylic acids is 2. The molecule has 4 nitrogen and oxygen atoms in total. The summed E-state index contributed by atoms with van der Waals surface area (Å²) in [6, 6.07) is 3.92. The molecule has 1 aromatic rings. The number of rotatable bonds is 3. The second-order valence-corrected chi connectivity index (χ2v) is 4.69. The lowest BCUT2D eigenvalue weighted by Gasteiger charge is -2.25. The van der Waals surface area contributed by atoms with Crippen molar-refractivity contribution in [1.29, 1.82) is 0 Å². The predicted octanol–water partition coefficient (Wildman–Crippen LogP) is 2.05. The third-order valence-electron chi connectivity index (χ3n) is 2.93. The van der Waals surface area contributed by atoms with Crippen LogP contribution in [-0.4, -0.2) is 36.3 Å². The van der Waals surface area contributed by atoms with Crippen molar-refractivity contribution < 1.29 is 18.7 Å². The van der Waals surface area contributed by atoms with E-state index in [2.05, 4.69) is 0 Å². The quantitative estimate of drug-likeness (QED) is 0.854. The standard InChI is InChI=1S/C13H13ClFNO3/c14-11-7-10(1-2-12(11)15)19-8-13(18)16-5-3-9(17)4-6-16/h1-2,7H,3-6,8H2. The fourth-order valence-corrected chi connectivity index (χ4v) is 1.98. The van der Waals surface area contributed by atoms with Gasteiger partial charge in [0, 0.05) is 32.0 Å². The maximum Gasteiger partial charge on any atom is 0.260 e. The first-order chi connectivity index (χ1) is 9.06. The molecule has 1 fully saturated rings. The van der Waals surface area contributed by atoms with Crippen molar-refractivity contribution in [1.82, 2.24) is 4.90 Å². The maximum atomic E-state index is 12.9. The lowest BCUT2D eigenvalue weighted by Crippen LogP contribution is -2.41. The Morgan fingerprint density at radius 2 is 2.05 bits per heavy atom. The molecule has 0 saturated carbocycles. The van der Waals surface area contributed by atoms with Crippen LogP contribution < -0.4 is 4.74 Å². The van der Waals surface area contributed by atoms with Crippen molar-refractivity contribution >= 4 is 23.3 Å². The van der Waals surface area contributed by atoms with Crippen LogP contribution in [0.1, 0.15) is 12.8 Å². The minimum atomic E-state index is -0.533. The van der Waals surface area contributed by atoms with Crippen LogP contribution in [0.5, 0.6) is 5.75 Å². The van der Waals surface area contributed by atoms with Crippen molar-refractivity contribution in [2.45, 2.75) is 12.8 Å². The first-order valence-electron chi connectivity index (χ1n) is 5.93. The number of Topliss-reactive ketones (excluding diaryl/α,β-unsaturated/α-hetero) is 1. The molecule has 1 aromatic carbocycles. The number of hydrogen-bond acceptors (Lipinski definition) is 3. The fourth-order valence-electron chi connectivity index (χ4n) is 1.81. The Labute approximate surface area is 115 Å². The molecule has 1 aliphatic rings. The predicted molar refractivity (Wildman–Crippen MR) is 67.7 cm³/mol. The number of nitrogens with zero attached hydrogens (tertiary/aromatic N) is 1. The molecule has 0 spiro atoms. The largest absolute Gasteiger partial charge is 0.484 e. The summed E-state index contributed by atoms with van der Waals surface area (Å²) in [6.07, 6.45) is 0.794. The molecule has 1 amide bonds. The van der Waals surface area contributed by atoms with E-state index in [0.717, 1.165) is 0 Å². The molecular weight excluding hydrogens is 273 g/mol.